The molecular formula is C19H17N5O2S. The van der Waals surface area contributed by atoms with E-state index in [1.165, 1.54) is 11.3 Å². The fourth-order valence-corrected chi connectivity index (χ4v) is 3.70. The lowest BCUT2D eigenvalue weighted by atomic mass is 10.2. The zero-order chi connectivity index (χ0) is 18.8. The summed E-state index contributed by atoms with van der Waals surface area (Å²) < 4.78 is 8.66. The van der Waals surface area contributed by atoms with Gasteiger partial charge in [-0.1, -0.05) is 0 Å². The number of carbonyl (C=O) groups excluding carboxylic acids is 1. The van der Waals surface area contributed by atoms with E-state index < -0.39 is 0 Å². The van der Waals surface area contributed by atoms with Crippen molar-refractivity contribution < 1.29 is 9.53 Å². The Bertz CT molecular complexity index is 1100. The molecule has 3 heterocycles. The number of nitrogens with zero attached hydrogens (tertiary/aromatic N) is 5. The van der Waals surface area contributed by atoms with Crippen molar-refractivity contribution in [2.75, 3.05) is 0 Å². The van der Waals surface area contributed by atoms with Crippen molar-refractivity contribution in [2.24, 2.45) is 0 Å². The normalized spacial score (nSPS) is 11.2. The first-order valence-corrected chi connectivity index (χ1v) is 9.35. The Morgan fingerprint density at radius 1 is 1.15 bits per heavy atom. The van der Waals surface area contributed by atoms with Gasteiger partial charge in [-0.15, -0.1) is 11.3 Å². The summed E-state index contributed by atoms with van der Waals surface area (Å²) in [6.07, 6.45) is 5.83. The average molecular weight is 379 g/mol. The lowest BCUT2D eigenvalue weighted by Gasteiger charge is -2.14. The summed E-state index contributed by atoms with van der Waals surface area (Å²) in [5.41, 5.74) is 5.29. The second-order valence-corrected chi connectivity index (χ2v) is 7.05. The highest BCUT2D eigenvalue weighted by Crippen LogP contribution is 2.30. The standard InChI is InChI=1S/C19H17N5O2S/c1-12(2)24-16(5-6-23-24)18-15(20-7-8-21-18)10-26-17-4-3-14-19(13(17)9-25)27-11-22-14/h3-9,11-12H,10H2,1-2H3. The molecule has 0 saturated carbocycles. The molecule has 0 atom stereocenters. The van der Waals surface area contributed by atoms with Crippen LogP contribution in [0.1, 0.15) is 35.9 Å². The fourth-order valence-electron chi connectivity index (χ4n) is 2.91. The van der Waals surface area contributed by atoms with Gasteiger partial charge in [0, 0.05) is 24.6 Å². The maximum Gasteiger partial charge on any atom is 0.155 e. The van der Waals surface area contributed by atoms with Gasteiger partial charge in [0.05, 0.1) is 27.0 Å². The van der Waals surface area contributed by atoms with Crippen LogP contribution in [-0.4, -0.2) is 31.0 Å². The Morgan fingerprint density at radius 2 is 2.00 bits per heavy atom. The first-order valence-electron chi connectivity index (χ1n) is 8.47. The largest absolute Gasteiger partial charge is 0.486 e. The summed E-state index contributed by atoms with van der Waals surface area (Å²) in [5, 5.41) is 4.36. The number of benzene rings is 1. The van der Waals surface area contributed by atoms with Crippen LogP contribution < -0.4 is 4.74 Å². The molecule has 0 aliphatic rings. The van der Waals surface area contributed by atoms with Gasteiger partial charge >= 0.3 is 0 Å². The highest BCUT2D eigenvalue weighted by molar-refractivity contribution is 7.17. The monoisotopic (exact) mass is 379 g/mol. The molecule has 7 nitrogen and oxygen atoms in total. The smallest absolute Gasteiger partial charge is 0.155 e. The Labute approximate surface area is 159 Å². The van der Waals surface area contributed by atoms with Crippen molar-refractivity contribution in [2.45, 2.75) is 26.5 Å². The van der Waals surface area contributed by atoms with Crippen molar-refractivity contribution in [3.8, 4) is 17.1 Å². The van der Waals surface area contributed by atoms with Crippen LogP contribution in [0.15, 0.2) is 42.3 Å². The van der Waals surface area contributed by atoms with Crippen molar-refractivity contribution in [1.29, 1.82) is 0 Å². The zero-order valence-corrected chi connectivity index (χ0v) is 15.7. The van der Waals surface area contributed by atoms with Crippen molar-refractivity contribution in [3.05, 3.63) is 53.6 Å². The van der Waals surface area contributed by atoms with Crippen LogP contribution in [0.4, 0.5) is 0 Å². The van der Waals surface area contributed by atoms with Crippen molar-refractivity contribution >= 4 is 27.8 Å². The molecule has 0 fully saturated rings. The molecule has 4 rings (SSSR count). The molecule has 0 N–H and O–H groups in total. The molecule has 0 amide bonds. The summed E-state index contributed by atoms with van der Waals surface area (Å²) in [4.78, 5) is 24.7. The van der Waals surface area contributed by atoms with E-state index in [0.717, 1.165) is 27.9 Å². The summed E-state index contributed by atoms with van der Waals surface area (Å²) >= 11 is 1.42. The average Bonchev–Trinajstić information content (AvgIpc) is 3.35. The molecule has 0 radical (unpaired) electrons. The van der Waals surface area contributed by atoms with E-state index in [1.807, 2.05) is 16.8 Å². The lowest BCUT2D eigenvalue weighted by Crippen LogP contribution is -2.09. The molecule has 3 aromatic heterocycles. The molecule has 0 spiro atoms. The highest BCUT2D eigenvalue weighted by Gasteiger charge is 2.16. The maximum absolute atomic E-state index is 11.6. The van der Waals surface area contributed by atoms with Gasteiger partial charge in [-0.05, 0) is 32.0 Å². The lowest BCUT2D eigenvalue weighted by molar-refractivity contribution is 0.112. The molecule has 1 aromatic carbocycles. The minimum absolute atomic E-state index is 0.192. The van der Waals surface area contributed by atoms with Gasteiger partial charge in [-0.2, -0.15) is 5.10 Å². The van der Waals surface area contributed by atoms with Crippen LogP contribution in [0.2, 0.25) is 0 Å². The van der Waals surface area contributed by atoms with Crippen LogP contribution >= 0.6 is 11.3 Å². The number of aromatic nitrogens is 5. The molecule has 8 heteroatoms. The quantitative estimate of drug-likeness (QED) is 0.472. The molecule has 136 valence electrons. The van der Waals surface area contributed by atoms with E-state index in [1.54, 1.807) is 30.2 Å². The topological polar surface area (TPSA) is 82.8 Å². The van der Waals surface area contributed by atoms with Gasteiger partial charge in [0.2, 0.25) is 0 Å². The summed E-state index contributed by atoms with van der Waals surface area (Å²) in [6, 6.07) is 5.72. The number of fused-ring (bicyclic) bond motifs is 1. The summed E-state index contributed by atoms with van der Waals surface area (Å²) in [7, 11) is 0. The number of aldehydes is 1. The SMILES string of the molecule is CC(C)n1nccc1-c1nccnc1COc1ccc2ncsc2c1C=O. The molecule has 0 bridgehead atoms. The maximum atomic E-state index is 11.6. The first kappa shape index (κ1) is 17.3. The van der Waals surface area contributed by atoms with E-state index in [9.17, 15) is 4.79 Å². The minimum atomic E-state index is 0.192. The van der Waals surface area contributed by atoms with Gasteiger partial charge in [-0.25, -0.2) is 4.98 Å². The molecule has 0 aliphatic carbocycles. The zero-order valence-electron chi connectivity index (χ0n) is 14.9. The fraction of sp³-hybridized carbons (Fsp3) is 0.211. The predicted octanol–water partition coefficient (Wildman–Crippen LogP) is 3.92. The summed E-state index contributed by atoms with van der Waals surface area (Å²) in [5.74, 6) is 0.510. The Balaban J connectivity index is 1.67. The van der Waals surface area contributed by atoms with Crippen LogP contribution in [0.5, 0.6) is 5.75 Å². The van der Waals surface area contributed by atoms with Crippen molar-refractivity contribution in [3.63, 3.8) is 0 Å². The van der Waals surface area contributed by atoms with Crippen LogP contribution in [0.3, 0.4) is 0 Å². The number of hydrogen-bond acceptors (Lipinski definition) is 7. The molecule has 27 heavy (non-hydrogen) atoms. The second-order valence-electron chi connectivity index (χ2n) is 6.19. The Kier molecular flexibility index (Phi) is 4.64. The third-order valence-electron chi connectivity index (χ3n) is 4.16. The van der Waals surface area contributed by atoms with Gasteiger partial charge < -0.3 is 4.74 Å². The minimum Gasteiger partial charge on any atom is -0.486 e. The van der Waals surface area contributed by atoms with Gasteiger partial charge in [0.1, 0.15) is 23.7 Å². The number of hydrogen-bond donors (Lipinski definition) is 0. The van der Waals surface area contributed by atoms with E-state index in [4.69, 9.17) is 4.74 Å². The predicted molar refractivity (Wildman–Crippen MR) is 103 cm³/mol. The third kappa shape index (κ3) is 3.19. The molecule has 0 unspecified atom stereocenters. The molecule has 0 saturated heterocycles. The number of thiazole rings is 1. The molecule has 0 aliphatic heterocycles. The first-order chi connectivity index (χ1) is 13.2. The Hall–Kier alpha value is -3.13. The van der Waals surface area contributed by atoms with Crippen molar-refractivity contribution in [1.82, 2.24) is 24.7 Å². The van der Waals surface area contributed by atoms with Crippen LogP contribution in [0, 0.1) is 0 Å². The second kappa shape index (κ2) is 7.24. The van der Waals surface area contributed by atoms with E-state index in [2.05, 4.69) is 33.9 Å². The third-order valence-corrected chi connectivity index (χ3v) is 5.03. The van der Waals surface area contributed by atoms with Crippen LogP contribution in [-0.2, 0) is 6.61 Å². The molecular weight excluding hydrogens is 362 g/mol. The van der Waals surface area contributed by atoms with E-state index in [-0.39, 0.29) is 12.6 Å². The molecule has 4 aromatic rings. The van der Waals surface area contributed by atoms with E-state index >= 15 is 0 Å². The Morgan fingerprint density at radius 3 is 2.81 bits per heavy atom. The summed E-state index contributed by atoms with van der Waals surface area (Å²) in [6.45, 7) is 4.31. The van der Waals surface area contributed by atoms with Gasteiger partial charge in [0.25, 0.3) is 0 Å². The van der Waals surface area contributed by atoms with Gasteiger partial charge in [0.15, 0.2) is 6.29 Å². The number of rotatable bonds is 6. The number of ether oxygens (including phenoxy) is 1. The van der Waals surface area contributed by atoms with Gasteiger partial charge in [-0.3, -0.25) is 19.4 Å². The van der Waals surface area contributed by atoms with E-state index in [0.29, 0.717) is 17.0 Å². The van der Waals surface area contributed by atoms with Crippen LogP contribution in [0.25, 0.3) is 21.6 Å². The number of carbonyl (C=O) groups is 1. The highest BCUT2D eigenvalue weighted by atomic mass is 32.1.